The van der Waals surface area contributed by atoms with Crippen molar-refractivity contribution < 1.29 is 16.8 Å². The van der Waals surface area contributed by atoms with Crippen molar-refractivity contribution in [3.8, 4) is 39.4 Å². The molecule has 6 nitrogen and oxygen atoms in total. The van der Waals surface area contributed by atoms with Gasteiger partial charge in [-0.1, -0.05) is 0 Å². The third-order valence-corrected chi connectivity index (χ3v) is 0. The Balaban J connectivity index is -0.00000000500. The first-order chi connectivity index (χ1) is 6.00. The van der Waals surface area contributed by atoms with Crippen molar-refractivity contribution in [2.45, 2.75) is 0 Å². The second kappa shape index (κ2) is 1760. The normalized spacial score (nSPS) is 0.857. The van der Waals surface area contributed by atoms with Crippen LogP contribution in [-0.4, -0.2) is 51.4 Å². The topological polar surface area (TPSA) is 143 Å². The van der Waals surface area contributed by atoms with Crippen molar-refractivity contribution in [3.05, 3.63) is 0 Å². The summed E-state index contributed by atoms with van der Waals surface area (Å²) in [6.07, 6.45) is 0. The minimum absolute atomic E-state index is 0. The molecule has 0 aliphatic carbocycles. The summed E-state index contributed by atoms with van der Waals surface area (Å²) in [6, 6.07) is 0. The van der Waals surface area contributed by atoms with E-state index in [9.17, 15) is 0 Å². The molecule has 0 spiro atoms. The Bertz CT molecular complexity index is 97.3. The Kier molecular flexibility index (Phi) is 9320. The van der Waals surface area contributed by atoms with E-state index in [4.69, 9.17) is 31.6 Å². The molecular formula is C6H7CoKN6. The molecule has 8 heteroatoms. The van der Waals surface area contributed by atoms with E-state index in [1.54, 1.807) is 0 Å². The molecule has 0 unspecified atom stereocenters. The fourth-order valence-electron chi connectivity index (χ4n) is 0. The summed E-state index contributed by atoms with van der Waals surface area (Å²) < 4.78 is 0. The predicted molar refractivity (Wildman–Crippen MR) is 47.2 cm³/mol. The van der Waals surface area contributed by atoms with Gasteiger partial charge in [0.05, 0.1) is 0 Å². The van der Waals surface area contributed by atoms with Crippen LogP contribution in [0.3, 0.4) is 0 Å². The summed E-state index contributed by atoms with van der Waals surface area (Å²) in [5, 5.41) is 39.0. The van der Waals surface area contributed by atoms with Gasteiger partial charge in [0.25, 0.3) is 0 Å². The first kappa shape index (κ1) is 73.9. The summed E-state index contributed by atoms with van der Waals surface area (Å²) in [6.45, 7) is 21.0. The molecule has 71 valence electrons. The van der Waals surface area contributed by atoms with Crippen LogP contribution in [0.25, 0.3) is 0 Å². The number of hydrogen-bond donors (Lipinski definition) is 0. The van der Waals surface area contributed by atoms with E-state index in [2.05, 4.69) is 39.4 Å². The molecule has 0 amide bonds. The Morgan fingerprint density at radius 3 is 0.357 bits per heavy atom. The van der Waals surface area contributed by atoms with E-state index in [1.807, 2.05) is 0 Å². The molecule has 14 heavy (non-hydrogen) atoms. The van der Waals surface area contributed by atoms with Gasteiger partial charge in [0.2, 0.25) is 0 Å². The molecule has 0 atom stereocenters. The number of nitrogens with zero attached hydrogens (tertiary/aromatic N) is 6. The third kappa shape index (κ3) is 1340. The third-order valence-electron chi connectivity index (χ3n) is 0. The van der Waals surface area contributed by atoms with Crippen LogP contribution in [0.15, 0.2) is 0 Å². The van der Waals surface area contributed by atoms with Crippen molar-refractivity contribution in [2.75, 3.05) is 0 Å². The summed E-state index contributed by atoms with van der Waals surface area (Å²) >= 11 is 0. The van der Waals surface area contributed by atoms with Crippen LogP contribution in [-0.2, 0) is 16.8 Å². The molecule has 0 N–H and O–H groups in total. The van der Waals surface area contributed by atoms with Crippen LogP contribution in [0.1, 0.15) is 0 Å². The van der Waals surface area contributed by atoms with E-state index in [1.165, 1.54) is 0 Å². The van der Waals surface area contributed by atoms with Gasteiger partial charge in [0, 0.05) is 56.2 Å². The van der Waals surface area contributed by atoms with Gasteiger partial charge >= 0.3 is 51.4 Å². The van der Waals surface area contributed by atoms with Crippen molar-refractivity contribution in [3.63, 3.8) is 0 Å². The van der Waals surface area contributed by atoms with Crippen molar-refractivity contribution in [1.29, 1.82) is 31.6 Å². The van der Waals surface area contributed by atoms with Gasteiger partial charge in [-0.3, -0.25) is 0 Å². The second-order valence-electron chi connectivity index (χ2n) is 0. The van der Waals surface area contributed by atoms with Crippen LogP contribution in [0.4, 0.5) is 0 Å². The van der Waals surface area contributed by atoms with Gasteiger partial charge < -0.3 is 0 Å². The molecule has 0 aromatic rings. The first-order valence-corrected chi connectivity index (χ1v) is 1.55. The second-order valence-corrected chi connectivity index (χ2v) is 0. The fourth-order valence-corrected chi connectivity index (χ4v) is 0. The van der Waals surface area contributed by atoms with Crippen LogP contribution < -0.4 is 0 Å². The Morgan fingerprint density at radius 2 is 0.357 bits per heavy atom. The zero-order valence-corrected chi connectivity index (χ0v) is 7.52. The van der Waals surface area contributed by atoms with Gasteiger partial charge in [0.1, 0.15) is 0 Å². The van der Waals surface area contributed by atoms with Crippen LogP contribution in [0.2, 0.25) is 0 Å². The quantitative estimate of drug-likeness (QED) is 0.569. The maximum atomic E-state index is 6.50. The Morgan fingerprint density at radius 1 is 0.357 bits per heavy atom. The van der Waals surface area contributed by atoms with E-state index in [-0.39, 0.29) is 68.2 Å². The van der Waals surface area contributed by atoms with Crippen LogP contribution >= 0.6 is 0 Å². The summed E-state index contributed by atoms with van der Waals surface area (Å²) in [7, 11) is 0. The fraction of sp³-hybridized carbons (Fsp3) is 0. The maximum absolute atomic E-state index is 6.50. The van der Waals surface area contributed by atoms with E-state index >= 15 is 0 Å². The van der Waals surface area contributed by atoms with E-state index in [0.717, 1.165) is 0 Å². The molecule has 0 saturated carbocycles. The van der Waals surface area contributed by atoms with Gasteiger partial charge in [-0.15, -0.1) is 0 Å². The van der Waals surface area contributed by atoms with Crippen molar-refractivity contribution in [2.24, 2.45) is 0 Å². The average Bonchev–Trinajstić information content (AvgIpc) is 2.33. The van der Waals surface area contributed by atoms with Crippen LogP contribution in [0, 0.1) is 71.0 Å². The number of hydrogen-bond acceptors (Lipinski definition) is 6. The van der Waals surface area contributed by atoms with Gasteiger partial charge in [-0.05, 0) is 0 Å². The molecule has 0 fully saturated rings. The molecule has 0 saturated heterocycles. The number of nitriles is 6. The summed E-state index contributed by atoms with van der Waals surface area (Å²) in [5.74, 6) is 0. The van der Waals surface area contributed by atoms with Crippen molar-refractivity contribution >= 4 is 51.4 Å². The molecule has 1 radical (unpaired) electrons. The van der Waals surface area contributed by atoms with Gasteiger partial charge in [-0.2, -0.15) is 0 Å². The molecule has 0 heterocycles. The van der Waals surface area contributed by atoms with E-state index in [0.29, 0.717) is 0 Å². The monoisotopic (exact) mass is 261 g/mol. The molecule has 0 bridgehead atoms. The number of rotatable bonds is 0. The molecule has 0 aliphatic heterocycles. The molecule has 0 aromatic heterocycles. The molecule has 0 aromatic carbocycles. The molecule has 0 rings (SSSR count). The van der Waals surface area contributed by atoms with Gasteiger partial charge in [-0.25, -0.2) is 31.6 Å². The van der Waals surface area contributed by atoms with E-state index < -0.39 is 0 Å². The summed E-state index contributed by atoms with van der Waals surface area (Å²) in [4.78, 5) is 0. The van der Waals surface area contributed by atoms with Crippen LogP contribution in [0.5, 0.6) is 0 Å². The Labute approximate surface area is 137 Å². The molecular weight excluding hydrogens is 254 g/mol. The average molecular weight is 261 g/mol. The zero-order chi connectivity index (χ0) is 12.0. The molecule has 0 aliphatic rings. The Hall–Kier alpha value is -0.917. The standard InChI is InChI=1S/6CHN.Co.K.H/c6*1-2;;;/h6*1H;;;. The predicted octanol–water partition coefficient (Wildman–Crippen LogP) is 0.188. The SMILES string of the molecule is C#N.C#N.C#N.C#N.C#N.C#N.[Co].[KH]. The summed E-state index contributed by atoms with van der Waals surface area (Å²) in [5.41, 5.74) is 0. The van der Waals surface area contributed by atoms with Crippen molar-refractivity contribution in [1.82, 2.24) is 0 Å². The minimum atomic E-state index is 0. The first-order valence-electron chi connectivity index (χ1n) is 1.55. The zero-order valence-electron chi connectivity index (χ0n) is 6.48. The van der Waals surface area contributed by atoms with Gasteiger partial charge in [0.15, 0.2) is 0 Å².